The zero-order chi connectivity index (χ0) is 21.5. The summed E-state index contributed by atoms with van der Waals surface area (Å²) in [5.41, 5.74) is 7.57. The topological polar surface area (TPSA) is 6.48 Å². The van der Waals surface area contributed by atoms with Crippen LogP contribution in [0.1, 0.15) is 0 Å². The SMILES string of the molecule is CN(C)c1ccc(-c2c(-c3ccc(N(C)C)cc3)c3sccc3c3ccccc23)cc1. The Bertz CT molecular complexity index is 1360. The molecule has 5 rings (SSSR count). The molecule has 5 aromatic rings. The van der Waals surface area contributed by atoms with Crippen molar-refractivity contribution in [2.75, 3.05) is 38.0 Å². The summed E-state index contributed by atoms with van der Waals surface area (Å²) < 4.78 is 1.35. The number of rotatable bonds is 4. The third-order valence-corrected chi connectivity index (χ3v) is 6.91. The molecular formula is C28H26N2S. The Balaban J connectivity index is 1.86. The Kier molecular flexibility index (Phi) is 4.91. The second-order valence-corrected chi connectivity index (χ2v) is 9.26. The molecule has 3 heteroatoms. The van der Waals surface area contributed by atoms with Gasteiger partial charge in [-0.25, -0.2) is 0 Å². The summed E-state index contributed by atoms with van der Waals surface area (Å²) in [5, 5.41) is 6.17. The Labute approximate surface area is 188 Å². The molecule has 2 nitrogen and oxygen atoms in total. The monoisotopic (exact) mass is 422 g/mol. The maximum atomic E-state index is 2.26. The maximum Gasteiger partial charge on any atom is 0.0433 e. The van der Waals surface area contributed by atoms with Gasteiger partial charge >= 0.3 is 0 Å². The molecule has 154 valence electrons. The molecule has 0 saturated carbocycles. The van der Waals surface area contributed by atoms with Crippen LogP contribution in [0, 0.1) is 0 Å². The van der Waals surface area contributed by atoms with Crippen molar-refractivity contribution in [3.63, 3.8) is 0 Å². The third kappa shape index (κ3) is 3.35. The van der Waals surface area contributed by atoms with Crippen molar-refractivity contribution in [2.45, 2.75) is 0 Å². The van der Waals surface area contributed by atoms with Crippen LogP contribution in [-0.2, 0) is 0 Å². The molecule has 4 aromatic carbocycles. The molecule has 0 aliphatic heterocycles. The lowest BCUT2D eigenvalue weighted by molar-refractivity contribution is 1.13. The van der Waals surface area contributed by atoms with Crippen molar-refractivity contribution >= 4 is 43.6 Å². The van der Waals surface area contributed by atoms with Gasteiger partial charge in [0.1, 0.15) is 0 Å². The van der Waals surface area contributed by atoms with Gasteiger partial charge in [-0.2, -0.15) is 0 Å². The Morgan fingerprint density at radius 3 is 1.58 bits per heavy atom. The summed E-state index contributed by atoms with van der Waals surface area (Å²) in [5.74, 6) is 0. The molecule has 0 unspecified atom stereocenters. The van der Waals surface area contributed by atoms with Crippen molar-refractivity contribution in [3.05, 3.63) is 84.2 Å². The number of hydrogen-bond donors (Lipinski definition) is 0. The van der Waals surface area contributed by atoms with Crippen molar-refractivity contribution in [2.24, 2.45) is 0 Å². The average molecular weight is 423 g/mol. The minimum Gasteiger partial charge on any atom is -0.378 e. The van der Waals surface area contributed by atoms with Gasteiger partial charge in [0.15, 0.2) is 0 Å². The van der Waals surface area contributed by atoms with E-state index in [1.165, 1.54) is 54.5 Å². The first-order valence-electron chi connectivity index (χ1n) is 10.5. The van der Waals surface area contributed by atoms with Gasteiger partial charge in [0.05, 0.1) is 0 Å². The number of benzene rings is 4. The fourth-order valence-corrected chi connectivity index (χ4v) is 5.31. The Hall–Kier alpha value is -3.30. The zero-order valence-corrected chi connectivity index (χ0v) is 19.2. The quantitative estimate of drug-likeness (QED) is 0.295. The van der Waals surface area contributed by atoms with E-state index >= 15 is 0 Å². The standard InChI is InChI=1S/C28H26N2S/c1-29(2)21-13-9-19(10-14-21)26-24-8-6-5-7-23(24)25-17-18-31-28(25)27(26)20-11-15-22(16-12-20)30(3)4/h5-18H,1-4H3. The molecule has 0 bridgehead atoms. The van der Waals surface area contributed by atoms with Gasteiger partial charge in [0.25, 0.3) is 0 Å². The lowest BCUT2D eigenvalue weighted by atomic mass is 9.88. The molecule has 0 amide bonds. The molecule has 0 aliphatic carbocycles. The first-order valence-corrected chi connectivity index (χ1v) is 11.4. The highest BCUT2D eigenvalue weighted by atomic mass is 32.1. The van der Waals surface area contributed by atoms with Crippen molar-refractivity contribution in [1.82, 2.24) is 0 Å². The van der Waals surface area contributed by atoms with Gasteiger partial charge in [-0.05, 0) is 63.2 Å². The summed E-state index contributed by atoms with van der Waals surface area (Å²) in [6.45, 7) is 0. The zero-order valence-electron chi connectivity index (χ0n) is 18.4. The molecule has 1 heterocycles. The van der Waals surface area contributed by atoms with E-state index in [0.717, 1.165) is 0 Å². The summed E-state index contributed by atoms with van der Waals surface area (Å²) >= 11 is 1.83. The van der Waals surface area contributed by atoms with Crippen molar-refractivity contribution in [1.29, 1.82) is 0 Å². The molecule has 0 fully saturated rings. The largest absolute Gasteiger partial charge is 0.378 e. The van der Waals surface area contributed by atoms with E-state index in [2.05, 4.69) is 122 Å². The molecule has 0 atom stereocenters. The van der Waals surface area contributed by atoms with Crippen LogP contribution in [0.25, 0.3) is 43.1 Å². The van der Waals surface area contributed by atoms with E-state index in [-0.39, 0.29) is 0 Å². The van der Waals surface area contributed by atoms with Crippen LogP contribution in [0.5, 0.6) is 0 Å². The first-order chi connectivity index (χ1) is 15.0. The lowest BCUT2D eigenvalue weighted by Crippen LogP contribution is -2.08. The van der Waals surface area contributed by atoms with Crippen LogP contribution in [0.15, 0.2) is 84.2 Å². The highest BCUT2D eigenvalue weighted by molar-refractivity contribution is 7.18. The minimum absolute atomic E-state index is 1.21. The molecule has 0 N–H and O–H groups in total. The smallest absolute Gasteiger partial charge is 0.0433 e. The van der Waals surface area contributed by atoms with E-state index in [4.69, 9.17) is 0 Å². The lowest BCUT2D eigenvalue weighted by Gasteiger charge is -2.19. The molecule has 0 spiro atoms. The Morgan fingerprint density at radius 2 is 1.03 bits per heavy atom. The minimum atomic E-state index is 1.21. The summed E-state index contributed by atoms with van der Waals surface area (Å²) in [4.78, 5) is 4.29. The van der Waals surface area contributed by atoms with E-state index in [1.54, 1.807) is 0 Å². The molecule has 0 radical (unpaired) electrons. The van der Waals surface area contributed by atoms with Crippen molar-refractivity contribution in [3.8, 4) is 22.3 Å². The second-order valence-electron chi connectivity index (χ2n) is 8.34. The normalized spacial score (nSPS) is 11.2. The Morgan fingerprint density at radius 1 is 0.516 bits per heavy atom. The summed E-state index contributed by atoms with van der Waals surface area (Å²) in [6, 6.07) is 28.9. The maximum absolute atomic E-state index is 2.26. The highest BCUT2D eigenvalue weighted by Gasteiger charge is 2.18. The molecule has 31 heavy (non-hydrogen) atoms. The van der Waals surface area contributed by atoms with Gasteiger partial charge in [-0.15, -0.1) is 11.3 Å². The number of thiophene rings is 1. The van der Waals surface area contributed by atoms with Crippen LogP contribution < -0.4 is 9.80 Å². The third-order valence-electron chi connectivity index (χ3n) is 5.97. The fourth-order valence-electron chi connectivity index (χ4n) is 4.33. The molecule has 0 aliphatic rings. The first kappa shape index (κ1) is 19.7. The second kappa shape index (κ2) is 7.75. The molecule has 0 saturated heterocycles. The predicted molar refractivity (Wildman–Crippen MR) is 139 cm³/mol. The number of fused-ring (bicyclic) bond motifs is 3. The highest BCUT2D eigenvalue weighted by Crippen LogP contribution is 2.46. The van der Waals surface area contributed by atoms with Crippen LogP contribution >= 0.6 is 11.3 Å². The predicted octanol–water partition coefficient (Wildman–Crippen LogP) is 7.52. The molecular weight excluding hydrogens is 396 g/mol. The number of nitrogens with zero attached hydrogens (tertiary/aromatic N) is 2. The van der Waals surface area contributed by atoms with Crippen LogP contribution in [0.4, 0.5) is 11.4 Å². The summed E-state index contributed by atoms with van der Waals surface area (Å²) in [7, 11) is 8.33. The van der Waals surface area contributed by atoms with Crippen molar-refractivity contribution < 1.29 is 0 Å². The van der Waals surface area contributed by atoms with E-state index < -0.39 is 0 Å². The van der Waals surface area contributed by atoms with E-state index in [9.17, 15) is 0 Å². The average Bonchev–Trinajstić information content (AvgIpc) is 3.28. The van der Waals surface area contributed by atoms with E-state index in [0.29, 0.717) is 0 Å². The van der Waals surface area contributed by atoms with Gasteiger partial charge in [0.2, 0.25) is 0 Å². The fraction of sp³-hybridized carbons (Fsp3) is 0.143. The van der Waals surface area contributed by atoms with Crippen LogP contribution in [0.3, 0.4) is 0 Å². The van der Waals surface area contributed by atoms with Crippen LogP contribution in [0.2, 0.25) is 0 Å². The van der Waals surface area contributed by atoms with Gasteiger partial charge < -0.3 is 9.80 Å². The summed E-state index contributed by atoms with van der Waals surface area (Å²) in [6.07, 6.45) is 0. The van der Waals surface area contributed by atoms with Gasteiger partial charge in [0, 0.05) is 55.2 Å². The number of anilines is 2. The van der Waals surface area contributed by atoms with Gasteiger partial charge in [-0.3, -0.25) is 0 Å². The molecule has 1 aromatic heterocycles. The van der Waals surface area contributed by atoms with Gasteiger partial charge in [-0.1, -0.05) is 48.5 Å². The van der Waals surface area contributed by atoms with Crippen LogP contribution in [-0.4, -0.2) is 28.2 Å². The number of hydrogen-bond acceptors (Lipinski definition) is 3. The van der Waals surface area contributed by atoms with E-state index in [1.807, 2.05) is 11.3 Å².